The van der Waals surface area contributed by atoms with Gasteiger partial charge < -0.3 is 15.3 Å². The van der Waals surface area contributed by atoms with Gasteiger partial charge in [-0.15, -0.1) is 0 Å². The van der Waals surface area contributed by atoms with Crippen molar-refractivity contribution in [2.45, 2.75) is 13.3 Å². The Kier molecular flexibility index (Phi) is 2.91. The summed E-state index contributed by atoms with van der Waals surface area (Å²) in [6.07, 6.45) is 0.554. The molecule has 0 heterocycles. The Morgan fingerprint density at radius 3 is 2.00 bits per heavy atom. The van der Waals surface area contributed by atoms with E-state index in [4.69, 9.17) is 0 Å². The summed E-state index contributed by atoms with van der Waals surface area (Å²) in [5, 5.41) is 29.3. The van der Waals surface area contributed by atoms with Crippen LogP contribution < -0.4 is 0 Å². The Morgan fingerprint density at radius 1 is 0.882 bits per heavy atom. The van der Waals surface area contributed by atoms with Gasteiger partial charge in [-0.1, -0.05) is 25.1 Å². The highest BCUT2D eigenvalue weighted by molar-refractivity contribution is 5.73. The van der Waals surface area contributed by atoms with Gasteiger partial charge in [-0.25, -0.2) is 0 Å². The second kappa shape index (κ2) is 4.37. The van der Waals surface area contributed by atoms with Gasteiger partial charge in [0.05, 0.1) is 0 Å². The second-order valence-electron chi connectivity index (χ2n) is 3.86. The number of phenols is 3. The molecule has 2 rings (SSSR count). The molecule has 0 radical (unpaired) electrons. The molecule has 2 aromatic carbocycles. The first-order valence-electron chi connectivity index (χ1n) is 5.46. The van der Waals surface area contributed by atoms with Crippen molar-refractivity contribution in [3.63, 3.8) is 0 Å². The van der Waals surface area contributed by atoms with Crippen molar-refractivity contribution in [3.8, 4) is 28.4 Å². The van der Waals surface area contributed by atoms with Gasteiger partial charge in [-0.3, -0.25) is 0 Å². The summed E-state index contributed by atoms with van der Waals surface area (Å²) in [5.74, 6) is 0.215. The van der Waals surface area contributed by atoms with Gasteiger partial charge in [0.25, 0.3) is 0 Å². The Labute approximate surface area is 99.6 Å². The average molecular weight is 230 g/mol. The third-order valence-electron chi connectivity index (χ3n) is 2.77. The first-order valence-corrected chi connectivity index (χ1v) is 5.46. The maximum absolute atomic E-state index is 9.78. The van der Waals surface area contributed by atoms with Crippen LogP contribution in [0, 0.1) is 0 Å². The number of hydrogen-bond donors (Lipinski definition) is 3. The molecule has 0 aliphatic carbocycles. The second-order valence-corrected chi connectivity index (χ2v) is 3.86. The normalized spacial score (nSPS) is 10.4. The van der Waals surface area contributed by atoms with Crippen LogP contribution >= 0.6 is 0 Å². The van der Waals surface area contributed by atoms with Crippen molar-refractivity contribution in [1.29, 1.82) is 0 Å². The summed E-state index contributed by atoms with van der Waals surface area (Å²) >= 11 is 0. The summed E-state index contributed by atoms with van der Waals surface area (Å²) in [5.41, 5.74) is 1.69. The summed E-state index contributed by atoms with van der Waals surface area (Å²) in [4.78, 5) is 0. The molecular formula is C14H14O3. The minimum atomic E-state index is 0.0470. The lowest BCUT2D eigenvalue weighted by Gasteiger charge is -2.09. The molecule has 17 heavy (non-hydrogen) atoms. The fourth-order valence-electron chi connectivity index (χ4n) is 1.88. The molecule has 3 N–H and O–H groups in total. The van der Waals surface area contributed by atoms with Crippen molar-refractivity contribution in [2.24, 2.45) is 0 Å². The van der Waals surface area contributed by atoms with E-state index in [1.807, 2.05) is 6.92 Å². The number of benzene rings is 2. The molecule has 0 aromatic heterocycles. The van der Waals surface area contributed by atoms with E-state index in [-0.39, 0.29) is 17.2 Å². The SMILES string of the molecule is CCc1c(O)cc(-c2ccccc2O)cc1O. The molecule has 0 spiro atoms. The zero-order valence-electron chi connectivity index (χ0n) is 9.51. The maximum Gasteiger partial charge on any atom is 0.123 e. The van der Waals surface area contributed by atoms with E-state index in [0.717, 1.165) is 0 Å². The van der Waals surface area contributed by atoms with E-state index < -0.39 is 0 Å². The lowest BCUT2D eigenvalue weighted by Crippen LogP contribution is -1.86. The largest absolute Gasteiger partial charge is 0.508 e. The minimum absolute atomic E-state index is 0.0470. The Balaban J connectivity index is 2.59. The summed E-state index contributed by atoms with van der Waals surface area (Å²) in [6.45, 7) is 1.86. The minimum Gasteiger partial charge on any atom is -0.508 e. The molecule has 0 bridgehead atoms. The van der Waals surface area contributed by atoms with E-state index in [9.17, 15) is 15.3 Å². The lowest BCUT2D eigenvalue weighted by molar-refractivity contribution is 0.440. The Bertz CT molecular complexity index is 524. The van der Waals surface area contributed by atoms with E-state index >= 15 is 0 Å². The van der Waals surface area contributed by atoms with E-state index in [1.54, 1.807) is 36.4 Å². The summed E-state index contributed by atoms with van der Waals surface area (Å²) in [7, 11) is 0. The van der Waals surface area contributed by atoms with Crippen molar-refractivity contribution < 1.29 is 15.3 Å². The zero-order chi connectivity index (χ0) is 12.4. The molecule has 0 aliphatic rings. The summed E-state index contributed by atoms with van der Waals surface area (Å²) in [6, 6.07) is 9.91. The van der Waals surface area contributed by atoms with Gasteiger partial charge in [0, 0.05) is 11.1 Å². The van der Waals surface area contributed by atoms with Gasteiger partial charge in [0.2, 0.25) is 0 Å². The van der Waals surface area contributed by atoms with Crippen molar-refractivity contribution in [3.05, 3.63) is 42.0 Å². The maximum atomic E-state index is 9.78. The first-order chi connectivity index (χ1) is 8.13. The molecule has 3 nitrogen and oxygen atoms in total. The van der Waals surface area contributed by atoms with E-state index in [2.05, 4.69) is 0 Å². The average Bonchev–Trinajstić information content (AvgIpc) is 2.29. The highest BCUT2D eigenvalue weighted by Gasteiger charge is 2.11. The molecule has 88 valence electrons. The predicted octanol–water partition coefficient (Wildman–Crippen LogP) is 3.03. The number of hydrogen-bond acceptors (Lipinski definition) is 3. The fraction of sp³-hybridized carbons (Fsp3) is 0.143. The van der Waals surface area contributed by atoms with Gasteiger partial charge >= 0.3 is 0 Å². The Morgan fingerprint density at radius 2 is 1.47 bits per heavy atom. The smallest absolute Gasteiger partial charge is 0.123 e. The zero-order valence-corrected chi connectivity index (χ0v) is 9.51. The van der Waals surface area contributed by atoms with Crippen molar-refractivity contribution >= 4 is 0 Å². The van der Waals surface area contributed by atoms with Crippen LogP contribution in [0.5, 0.6) is 17.2 Å². The topological polar surface area (TPSA) is 60.7 Å². The van der Waals surface area contributed by atoms with Crippen molar-refractivity contribution in [2.75, 3.05) is 0 Å². The summed E-state index contributed by atoms with van der Waals surface area (Å²) < 4.78 is 0. The van der Waals surface area contributed by atoms with Gasteiger partial charge in [-0.05, 0) is 30.2 Å². The van der Waals surface area contributed by atoms with Crippen LogP contribution in [0.3, 0.4) is 0 Å². The fourth-order valence-corrected chi connectivity index (χ4v) is 1.88. The van der Waals surface area contributed by atoms with E-state index in [0.29, 0.717) is 23.1 Å². The number of rotatable bonds is 2. The monoisotopic (exact) mass is 230 g/mol. The highest BCUT2D eigenvalue weighted by Crippen LogP contribution is 2.36. The molecule has 0 atom stereocenters. The standard InChI is InChI=1S/C14H14O3/c1-2-10-13(16)7-9(8-14(10)17)11-5-3-4-6-12(11)15/h3-8,15-17H,2H2,1H3. The van der Waals surface area contributed by atoms with Crippen LogP contribution in [-0.2, 0) is 6.42 Å². The van der Waals surface area contributed by atoms with Gasteiger partial charge in [0.1, 0.15) is 17.2 Å². The third kappa shape index (κ3) is 2.04. The predicted molar refractivity (Wildman–Crippen MR) is 66.3 cm³/mol. The molecule has 0 aliphatic heterocycles. The van der Waals surface area contributed by atoms with Crippen LogP contribution in [-0.4, -0.2) is 15.3 Å². The highest BCUT2D eigenvalue weighted by atomic mass is 16.3. The van der Waals surface area contributed by atoms with Crippen LogP contribution in [0.1, 0.15) is 12.5 Å². The molecule has 0 saturated carbocycles. The first kappa shape index (κ1) is 11.3. The molecular weight excluding hydrogens is 216 g/mol. The molecule has 0 amide bonds. The van der Waals surface area contributed by atoms with Crippen LogP contribution in [0.15, 0.2) is 36.4 Å². The van der Waals surface area contributed by atoms with Crippen LogP contribution in [0.25, 0.3) is 11.1 Å². The molecule has 2 aromatic rings. The third-order valence-corrected chi connectivity index (χ3v) is 2.77. The van der Waals surface area contributed by atoms with Crippen LogP contribution in [0.4, 0.5) is 0 Å². The number of para-hydroxylation sites is 1. The molecule has 0 unspecified atom stereocenters. The number of phenolic OH excluding ortho intramolecular Hbond substituents is 3. The van der Waals surface area contributed by atoms with Crippen molar-refractivity contribution in [1.82, 2.24) is 0 Å². The quantitative estimate of drug-likeness (QED) is 0.743. The lowest BCUT2D eigenvalue weighted by atomic mass is 10.0. The van der Waals surface area contributed by atoms with Crippen LogP contribution in [0.2, 0.25) is 0 Å². The van der Waals surface area contributed by atoms with Gasteiger partial charge in [0.15, 0.2) is 0 Å². The van der Waals surface area contributed by atoms with Gasteiger partial charge in [-0.2, -0.15) is 0 Å². The molecule has 3 heteroatoms. The Hall–Kier alpha value is -2.16. The molecule has 0 fully saturated rings. The number of aromatic hydroxyl groups is 3. The van der Waals surface area contributed by atoms with E-state index in [1.165, 1.54) is 0 Å². The molecule has 0 saturated heterocycles.